The van der Waals surface area contributed by atoms with Crippen LogP contribution in [-0.4, -0.2) is 79.2 Å². The van der Waals surface area contributed by atoms with Gasteiger partial charge in [0.05, 0.1) is 42.1 Å². The van der Waals surface area contributed by atoms with Crippen LogP contribution >= 0.6 is 0 Å². The summed E-state index contributed by atoms with van der Waals surface area (Å²) in [6.07, 6.45) is 5.65. The molecule has 3 N–H and O–H groups in total. The summed E-state index contributed by atoms with van der Waals surface area (Å²) in [6, 6.07) is 18.2. The molecule has 3 unspecified atom stereocenters. The minimum atomic E-state index is -0.688. The molecule has 13 nitrogen and oxygen atoms in total. The van der Waals surface area contributed by atoms with Gasteiger partial charge in [-0.05, 0) is 117 Å². The molecular formula is C45H51N7O6. The van der Waals surface area contributed by atoms with Gasteiger partial charge in [0.2, 0.25) is 5.91 Å². The van der Waals surface area contributed by atoms with Crippen molar-refractivity contribution in [1.82, 2.24) is 35.1 Å². The zero-order valence-corrected chi connectivity index (χ0v) is 33.9. The van der Waals surface area contributed by atoms with Crippen LogP contribution in [-0.2, 0) is 20.9 Å². The van der Waals surface area contributed by atoms with E-state index in [1.165, 1.54) is 7.11 Å². The van der Waals surface area contributed by atoms with Crippen LogP contribution in [0.3, 0.4) is 0 Å². The monoisotopic (exact) mass is 785 g/mol. The highest BCUT2D eigenvalue weighted by molar-refractivity contribution is 5.87. The van der Waals surface area contributed by atoms with Gasteiger partial charge in [-0.2, -0.15) is 0 Å². The average molecular weight is 786 g/mol. The summed E-state index contributed by atoms with van der Waals surface area (Å²) < 4.78 is 17.0. The van der Waals surface area contributed by atoms with Gasteiger partial charge >= 0.3 is 12.2 Å². The van der Waals surface area contributed by atoms with Gasteiger partial charge in [-0.3, -0.25) is 9.69 Å². The average Bonchev–Trinajstić information content (AvgIpc) is 4.06. The van der Waals surface area contributed by atoms with Crippen LogP contribution in [0, 0.1) is 11.8 Å². The van der Waals surface area contributed by atoms with Gasteiger partial charge in [0, 0.05) is 18.2 Å². The third-order valence-corrected chi connectivity index (χ3v) is 12.2. The van der Waals surface area contributed by atoms with E-state index >= 15 is 0 Å². The second-order valence-corrected chi connectivity index (χ2v) is 17.5. The van der Waals surface area contributed by atoms with Gasteiger partial charge in [0.1, 0.15) is 35.6 Å². The van der Waals surface area contributed by atoms with Crippen molar-refractivity contribution in [2.45, 2.75) is 103 Å². The van der Waals surface area contributed by atoms with Crippen LogP contribution in [0.2, 0.25) is 0 Å². The van der Waals surface area contributed by atoms with Gasteiger partial charge in [-0.25, -0.2) is 19.6 Å². The summed E-state index contributed by atoms with van der Waals surface area (Å²) in [7, 11) is 1.30. The number of H-pyrrole nitrogens is 2. The van der Waals surface area contributed by atoms with E-state index in [1.54, 1.807) is 0 Å². The number of likely N-dealkylation sites (tertiary alicyclic amines) is 2. The van der Waals surface area contributed by atoms with Gasteiger partial charge in [-0.15, -0.1) is 0 Å². The number of nitrogens with one attached hydrogen (secondary N) is 3. The molecule has 3 fully saturated rings. The lowest BCUT2D eigenvalue weighted by Crippen LogP contribution is -2.51. The molecule has 5 atom stereocenters. The Bertz CT molecular complexity index is 2410. The zero-order chi connectivity index (χ0) is 40.5. The Morgan fingerprint density at radius 1 is 0.931 bits per heavy atom. The maximum atomic E-state index is 13.6. The SMILES string of the molecule is COC(=O)NC(C(=O)N1CCCC1c1ncc(-c2ccc3c(c2)COc2cc(-c4ccc5nc([C@H]6C7CC[C@@H](C7)N6C(=O)OC(C)(C)C)[nH]c5c4)ccc2-3)[nH]1)C(C)C. The smallest absolute Gasteiger partial charge is 0.411 e. The first-order valence-electron chi connectivity index (χ1n) is 20.5. The number of carbonyl (C=O) groups is 3. The van der Waals surface area contributed by atoms with E-state index in [0.717, 1.165) is 99.6 Å². The van der Waals surface area contributed by atoms with Crippen molar-refractivity contribution in [2.75, 3.05) is 13.7 Å². The number of ether oxygens (including phenoxy) is 3. The molecule has 5 aromatic rings. The molecule has 58 heavy (non-hydrogen) atoms. The molecule has 0 radical (unpaired) electrons. The maximum absolute atomic E-state index is 13.6. The van der Waals surface area contributed by atoms with E-state index in [-0.39, 0.29) is 36.0 Å². The number of alkyl carbamates (subject to hydrolysis) is 1. The van der Waals surface area contributed by atoms with Crippen molar-refractivity contribution in [3.63, 3.8) is 0 Å². The number of hydrogen-bond donors (Lipinski definition) is 3. The highest BCUT2D eigenvalue weighted by Crippen LogP contribution is 2.50. The van der Waals surface area contributed by atoms with Gasteiger partial charge in [-0.1, -0.05) is 44.2 Å². The number of aromatic amines is 2. The molecule has 5 heterocycles. The zero-order valence-electron chi connectivity index (χ0n) is 33.9. The van der Waals surface area contributed by atoms with E-state index in [1.807, 2.05) is 56.7 Å². The Kier molecular flexibility index (Phi) is 9.44. The predicted molar refractivity (Wildman–Crippen MR) is 219 cm³/mol. The van der Waals surface area contributed by atoms with Crippen LogP contribution < -0.4 is 10.1 Å². The second kappa shape index (κ2) is 14.5. The molecule has 13 heteroatoms. The third kappa shape index (κ3) is 6.83. The summed E-state index contributed by atoms with van der Waals surface area (Å²) in [5, 5.41) is 2.71. The number of aromatic nitrogens is 4. The van der Waals surface area contributed by atoms with Crippen molar-refractivity contribution in [3.05, 3.63) is 78.0 Å². The van der Waals surface area contributed by atoms with E-state index in [4.69, 9.17) is 24.2 Å². The van der Waals surface area contributed by atoms with Gasteiger partial charge in [0.15, 0.2) is 0 Å². The lowest BCUT2D eigenvalue weighted by Gasteiger charge is -2.35. The largest absolute Gasteiger partial charge is 0.488 e. The number of benzene rings is 3. The molecule has 2 bridgehead atoms. The molecule has 3 aliphatic heterocycles. The van der Waals surface area contributed by atoms with Crippen LogP contribution in [0.1, 0.15) is 96.0 Å². The van der Waals surface area contributed by atoms with Gasteiger partial charge < -0.3 is 34.4 Å². The first-order chi connectivity index (χ1) is 27.8. The molecule has 1 aliphatic carbocycles. The Morgan fingerprint density at radius 3 is 2.50 bits per heavy atom. The standard InChI is InChI=1S/C45H51N7O6/c1-24(2)38(50-43(54)56-6)42(53)51-17-7-8-36(51)40-46-22-35(49-40)27-11-14-31-29(18-27)23-57-37-21-26(10-15-32(31)37)25-12-16-33-34(20-25)48-41(47-33)39-28-9-13-30(19-28)52(39)44(55)58-45(3,4)5/h10-12,14-16,18,20-22,24,28,30,36,38-39H,7-9,13,17,19,23H2,1-6H3,(H,46,49)(H,47,48)(H,50,54)/t28?,30-,36?,38?,39+/m0/s1. The number of carbonyl (C=O) groups excluding carboxylic acids is 3. The lowest BCUT2D eigenvalue weighted by molar-refractivity contribution is -0.135. The van der Waals surface area contributed by atoms with E-state index in [9.17, 15) is 14.4 Å². The minimum absolute atomic E-state index is 0.104. The topological polar surface area (TPSA) is 155 Å². The third-order valence-electron chi connectivity index (χ3n) is 12.2. The number of rotatable bonds is 7. The van der Waals surface area contributed by atoms with E-state index in [2.05, 4.69) is 63.8 Å². The molecule has 3 amide bonds. The van der Waals surface area contributed by atoms with Crippen LogP contribution in [0.25, 0.3) is 44.5 Å². The van der Waals surface area contributed by atoms with Crippen LogP contribution in [0.5, 0.6) is 5.75 Å². The number of piperidine rings is 1. The first kappa shape index (κ1) is 37.7. The van der Waals surface area contributed by atoms with Crippen molar-refractivity contribution in [1.29, 1.82) is 0 Å². The predicted octanol–water partition coefficient (Wildman–Crippen LogP) is 8.68. The van der Waals surface area contributed by atoms with E-state index in [0.29, 0.717) is 19.1 Å². The number of imidazole rings is 2. The van der Waals surface area contributed by atoms with E-state index < -0.39 is 17.7 Å². The number of methoxy groups -OCH3 is 1. The molecule has 302 valence electrons. The molecule has 9 rings (SSSR count). The summed E-state index contributed by atoms with van der Waals surface area (Å²) in [5.74, 6) is 2.51. The normalized spacial score (nSPS) is 21.5. The molecule has 2 saturated heterocycles. The minimum Gasteiger partial charge on any atom is -0.488 e. The second-order valence-electron chi connectivity index (χ2n) is 17.5. The summed E-state index contributed by atoms with van der Waals surface area (Å²) in [4.78, 5) is 59.5. The lowest BCUT2D eigenvalue weighted by atomic mass is 9.92. The summed E-state index contributed by atoms with van der Waals surface area (Å²) in [5.41, 5.74) is 8.40. The fourth-order valence-corrected chi connectivity index (χ4v) is 9.45. The number of hydrogen-bond acceptors (Lipinski definition) is 8. The number of amides is 3. The fourth-order valence-electron chi connectivity index (χ4n) is 9.45. The van der Waals surface area contributed by atoms with Crippen LogP contribution in [0.15, 0.2) is 60.8 Å². The molecule has 2 aromatic heterocycles. The number of fused-ring (bicyclic) bond motifs is 6. The molecule has 0 spiro atoms. The Labute approximate surface area is 337 Å². The Hall–Kier alpha value is -5.85. The Morgan fingerprint density at radius 2 is 1.71 bits per heavy atom. The molecule has 1 saturated carbocycles. The fraction of sp³-hybridized carbons (Fsp3) is 0.444. The highest BCUT2D eigenvalue weighted by Gasteiger charge is 2.51. The van der Waals surface area contributed by atoms with Crippen molar-refractivity contribution < 1.29 is 28.6 Å². The number of nitrogens with zero attached hydrogens (tertiary/aromatic N) is 4. The Balaban J connectivity index is 0.921. The van der Waals surface area contributed by atoms with Gasteiger partial charge in [0.25, 0.3) is 0 Å². The van der Waals surface area contributed by atoms with Crippen molar-refractivity contribution in [2.24, 2.45) is 11.8 Å². The quantitative estimate of drug-likeness (QED) is 0.148. The van der Waals surface area contributed by atoms with Crippen molar-refractivity contribution in [3.8, 4) is 39.3 Å². The molecule has 3 aromatic carbocycles. The molecular weight excluding hydrogens is 735 g/mol. The first-order valence-corrected chi connectivity index (χ1v) is 20.5. The summed E-state index contributed by atoms with van der Waals surface area (Å²) in [6.45, 7) is 10.6. The molecule has 4 aliphatic rings. The maximum Gasteiger partial charge on any atom is 0.411 e. The van der Waals surface area contributed by atoms with Crippen molar-refractivity contribution >= 4 is 29.1 Å². The van der Waals surface area contributed by atoms with Crippen LogP contribution in [0.4, 0.5) is 9.59 Å². The highest BCUT2D eigenvalue weighted by atomic mass is 16.6. The summed E-state index contributed by atoms with van der Waals surface area (Å²) >= 11 is 0.